The molecule has 9 nitrogen and oxygen atoms in total. The number of nitrogens with zero attached hydrogens (tertiary/aromatic N) is 2. The molecular weight excluding hydrogens is 595 g/mol. The molecular formula is C31H26ClFN4O5S. The third kappa shape index (κ3) is 6.79. The smallest absolute Gasteiger partial charge is 0.264 e. The molecule has 4 aromatic rings. The quantitative estimate of drug-likeness (QED) is 0.319. The van der Waals surface area contributed by atoms with Crippen LogP contribution in [0, 0.1) is 5.82 Å². The lowest BCUT2D eigenvalue weighted by Crippen LogP contribution is -2.58. The summed E-state index contributed by atoms with van der Waals surface area (Å²) in [7, 11) is 0. The van der Waals surface area contributed by atoms with Gasteiger partial charge in [0.2, 0.25) is 0 Å². The van der Waals surface area contributed by atoms with E-state index in [1.54, 1.807) is 53.6 Å². The number of piperidine rings is 1. The van der Waals surface area contributed by atoms with E-state index in [-0.39, 0.29) is 37.3 Å². The molecule has 0 radical (unpaired) electrons. The van der Waals surface area contributed by atoms with Crippen LogP contribution < -0.4 is 20.1 Å². The van der Waals surface area contributed by atoms with Gasteiger partial charge in [0.1, 0.15) is 23.4 Å². The predicted octanol–water partition coefficient (Wildman–Crippen LogP) is 4.70. The van der Waals surface area contributed by atoms with Gasteiger partial charge in [-0.05, 0) is 53.6 Å². The fraction of sp³-hybridized carbons (Fsp3) is 0.226. The van der Waals surface area contributed by atoms with Crippen molar-refractivity contribution in [2.24, 2.45) is 0 Å². The van der Waals surface area contributed by atoms with Gasteiger partial charge >= 0.3 is 0 Å². The molecule has 0 spiro atoms. The van der Waals surface area contributed by atoms with Crippen molar-refractivity contribution >= 4 is 40.7 Å². The number of aromatic nitrogens is 1. The minimum atomic E-state index is -0.630. The summed E-state index contributed by atoms with van der Waals surface area (Å²) in [6, 6.07) is 15.7. The molecule has 0 unspecified atom stereocenters. The van der Waals surface area contributed by atoms with Crippen molar-refractivity contribution in [2.45, 2.75) is 25.1 Å². The topological polar surface area (TPSA) is 110 Å². The lowest BCUT2D eigenvalue weighted by Gasteiger charge is -2.38. The van der Waals surface area contributed by atoms with E-state index in [2.05, 4.69) is 15.6 Å². The SMILES string of the molecule is O=C1COc2cccc(c2)-c2cncc(c2)C(=O)N[C@@H]2CN(C(=O)c3ccc(Cl)s3)CC[C@@H]2Oc2cc(F)cc(c2)CN1. The standard InChI is InChI=1S/C31H26ClFN4O5S/c32-28-5-4-27(43-28)31(40)37-7-6-26-25(16-37)36-30(39)21-10-20(14-34-15-21)19-2-1-3-23(11-19)41-17-29(38)35-13-18-8-22(33)12-24(9-18)42-26/h1-5,8-12,14-15,25-26H,6-7,13,16-17H2,(H,35,38)(H,36,39)/t25-,26+/m1/s1. The average molecular weight is 621 g/mol. The molecule has 6 bridgehead atoms. The molecule has 1 saturated heterocycles. The van der Waals surface area contributed by atoms with Crippen LogP contribution in [0.1, 0.15) is 32.0 Å². The highest BCUT2D eigenvalue weighted by molar-refractivity contribution is 7.17. The van der Waals surface area contributed by atoms with Crippen LogP contribution in [0.2, 0.25) is 4.34 Å². The number of likely N-dealkylation sites (tertiary alicyclic amines) is 1. The predicted molar refractivity (Wildman–Crippen MR) is 159 cm³/mol. The monoisotopic (exact) mass is 620 g/mol. The number of carbonyl (C=O) groups is 3. The van der Waals surface area contributed by atoms with E-state index in [9.17, 15) is 18.8 Å². The summed E-state index contributed by atoms with van der Waals surface area (Å²) < 4.78 is 27.0. The molecule has 4 heterocycles. The maximum atomic E-state index is 14.6. The summed E-state index contributed by atoms with van der Waals surface area (Å²) in [5, 5.41) is 5.76. The number of nitrogens with one attached hydrogen (secondary N) is 2. The Kier molecular flexibility index (Phi) is 8.26. The second kappa shape index (κ2) is 12.4. The van der Waals surface area contributed by atoms with Crippen molar-refractivity contribution in [1.82, 2.24) is 20.5 Å². The summed E-state index contributed by atoms with van der Waals surface area (Å²) >= 11 is 7.25. The first-order chi connectivity index (χ1) is 20.8. The Labute approximate surface area is 255 Å². The average Bonchev–Trinajstić information content (AvgIpc) is 3.45. The Morgan fingerprint density at radius 3 is 2.72 bits per heavy atom. The first kappa shape index (κ1) is 28.6. The summed E-state index contributed by atoms with van der Waals surface area (Å²) in [5.41, 5.74) is 2.22. The summed E-state index contributed by atoms with van der Waals surface area (Å²) in [4.78, 5) is 45.7. The fourth-order valence-electron chi connectivity index (χ4n) is 5.09. The highest BCUT2D eigenvalue weighted by Crippen LogP contribution is 2.28. The molecule has 12 heteroatoms. The van der Waals surface area contributed by atoms with Crippen molar-refractivity contribution in [3.05, 3.63) is 99.2 Å². The van der Waals surface area contributed by atoms with Crippen LogP contribution in [-0.2, 0) is 11.3 Å². The van der Waals surface area contributed by atoms with E-state index >= 15 is 0 Å². The minimum Gasteiger partial charge on any atom is -0.488 e. The lowest BCUT2D eigenvalue weighted by molar-refractivity contribution is -0.123. The lowest BCUT2D eigenvalue weighted by atomic mass is 10.00. The normalized spacial score (nSPS) is 18.9. The van der Waals surface area contributed by atoms with Crippen LogP contribution in [0.3, 0.4) is 0 Å². The summed E-state index contributed by atoms with van der Waals surface area (Å²) in [6.07, 6.45) is 2.89. The first-order valence-electron chi connectivity index (χ1n) is 13.6. The second-order valence-corrected chi connectivity index (χ2v) is 11.9. The number of amides is 3. The van der Waals surface area contributed by atoms with Crippen molar-refractivity contribution < 1.29 is 28.2 Å². The van der Waals surface area contributed by atoms with Gasteiger partial charge in [-0.1, -0.05) is 23.7 Å². The number of halogens is 2. The Hall–Kier alpha value is -4.48. The third-order valence-corrected chi connectivity index (χ3v) is 8.40. The van der Waals surface area contributed by atoms with E-state index in [1.165, 1.54) is 29.7 Å². The molecule has 2 aromatic carbocycles. The first-order valence-corrected chi connectivity index (χ1v) is 14.8. The number of thiophene rings is 1. The Bertz CT molecular complexity index is 1700. The maximum Gasteiger partial charge on any atom is 0.264 e. The fourth-order valence-corrected chi connectivity index (χ4v) is 6.10. The van der Waals surface area contributed by atoms with E-state index < -0.39 is 23.9 Å². The highest BCUT2D eigenvalue weighted by Gasteiger charge is 2.35. The largest absolute Gasteiger partial charge is 0.488 e. The van der Waals surface area contributed by atoms with Crippen molar-refractivity contribution in [3.63, 3.8) is 0 Å². The molecule has 2 aliphatic heterocycles. The number of ether oxygens (including phenoxy) is 2. The van der Waals surface area contributed by atoms with Gasteiger partial charge in [-0.15, -0.1) is 11.3 Å². The van der Waals surface area contributed by atoms with Crippen molar-refractivity contribution in [2.75, 3.05) is 19.7 Å². The molecule has 2 aromatic heterocycles. The van der Waals surface area contributed by atoms with Gasteiger partial charge in [-0.3, -0.25) is 19.4 Å². The van der Waals surface area contributed by atoms with Gasteiger partial charge in [0, 0.05) is 50.1 Å². The molecule has 0 aliphatic carbocycles. The Morgan fingerprint density at radius 2 is 1.88 bits per heavy atom. The zero-order valence-electron chi connectivity index (χ0n) is 22.7. The molecule has 220 valence electrons. The Morgan fingerprint density at radius 1 is 1.02 bits per heavy atom. The van der Waals surface area contributed by atoms with Crippen LogP contribution in [0.5, 0.6) is 11.5 Å². The number of pyridine rings is 1. The minimum absolute atomic E-state index is 0.0599. The number of rotatable bonds is 1. The number of hydrogen-bond acceptors (Lipinski definition) is 7. The Balaban J connectivity index is 1.34. The molecule has 0 saturated carbocycles. The maximum absolute atomic E-state index is 14.6. The van der Waals surface area contributed by atoms with E-state index in [0.29, 0.717) is 44.6 Å². The molecule has 6 rings (SSSR count). The molecule has 2 N–H and O–H groups in total. The molecule has 3 amide bonds. The summed E-state index contributed by atoms with van der Waals surface area (Å²) in [6.45, 7) is 0.344. The van der Waals surface area contributed by atoms with Gasteiger partial charge in [-0.25, -0.2) is 4.39 Å². The van der Waals surface area contributed by atoms with Gasteiger partial charge in [0.25, 0.3) is 17.7 Å². The number of hydrogen-bond donors (Lipinski definition) is 2. The van der Waals surface area contributed by atoms with Crippen LogP contribution in [0.25, 0.3) is 11.1 Å². The van der Waals surface area contributed by atoms with Crippen LogP contribution in [0.15, 0.2) is 73.1 Å². The van der Waals surface area contributed by atoms with E-state index in [1.807, 2.05) is 6.07 Å². The van der Waals surface area contributed by atoms with Crippen molar-refractivity contribution in [3.8, 4) is 22.6 Å². The molecule has 2 aliphatic rings. The molecule has 2 atom stereocenters. The number of benzene rings is 2. The van der Waals surface area contributed by atoms with Gasteiger partial charge in [0.15, 0.2) is 6.61 Å². The van der Waals surface area contributed by atoms with E-state index in [0.717, 1.165) is 5.56 Å². The van der Waals surface area contributed by atoms with Gasteiger partial charge in [0.05, 0.1) is 20.8 Å². The van der Waals surface area contributed by atoms with Gasteiger partial charge in [-0.2, -0.15) is 0 Å². The van der Waals surface area contributed by atoms with Gasteiger partial charge < -0.3 is 25.0 Å². The van der Waals surface area contributed by atoms with Crippen LogP contribution in [0.4, 0.5) is 4.39 Å². The summed E-state index contributed by atoms with van der Waals surface area (Å²) in [5.74, 6) is -0.809. The number of fused-ring (bicyclic) bond motifs is 8. The van der Waals surface area contributed by atoms with Crippen molar-refractivity contribution in [1.29, 1.82) is 0 Å². The van der Waals surface area contributed by atoms with E-state index in [4.69, 9.17) is 21.1 Å². The third-order valence-electron chi connectivity index (χ3n) is 7.18. The van der Waals surface area contributed by atoms with Crippen LogP contribution >= 0.6 is 22.9 Å². The zero-order valence-corrected chi connectivity index (χ0v) is 24.3. The zero-order chi connectivity index (χ0) is 29.9. The highest BCUT2D eigenvalue weighted by atomic mass is 35.5. The second-order valence-electron chi connectivity index (χ2n) is 10.2. The molecule has 43 heavy (non-hydrogen) atoms. The number of carbonyl (C=O) groups excluding carboxylic acids is 3. The van der Waals surface area contributed by atoms with Crippen LogP contribution in [-0.4, -0.2) is 59.4 Å². The molecule has 1 fully saturated rings.